The fourth-order valence-corrected chi connectivity index (χ4v) is 0. The van der Waals surface area contributed by atoms with Gasteiger partial charge in [-0.2, -0.15) is 0 Å². The van der Waals surface area contributed by atoms with Gasteiger partial charge in [0.05, 0.1) is 0 Å². The molecule has 0 saturated heterocycles. The fourth-order valence-electron chi connectivity index (χ4n) is 0. The molecule has 0 aromatic rings. The van der Waals surface area contributed by atoms with E-state index in [-0.39, 0.29) is 121 Å². The molecule has 0 amide bonds. The molecule has 2 nitrogen and oxygen atoms in total. The zero-order valence-corrected chi connectivity index (χ0v) is 14.1. The molecule has 0 aliphatic heterocycles. The molecule has 0 bridgehead atoms. The average Bonchev–Trinajstić information content (AvgIpc) is 0. The van der Waals surface area contributed by atoms with Crippen molar-refractivity contribution in [2.75, 3.05) is 0 Å². The van der Waals surface area contributed by atoms with Crippen LogP contribution in [-0.2, 0) is 43.4 Å². The van der Waals surface area contributed by atoms with Crippen molar-refractivity contribution in [3.8, 4) is 0 Å². The van der Waals surface area contributed by atoms with E-state index >= 15 is 0 Å². The summed E-state index contributed by atoms with van der Waals surface area (Å²) in [5.41, 5.74) is 0. The Morgan fingerprint density at radius 2 is 0.308 bits per heavy atom. The van der Waals surface area contributed by atoms with Crippen LogP contribution in [0.15, 0.2) is 0 Å². The third kappa shape index (κ3) is 945. The summed E-state index contributed by atoms with van der Waals surface area (Å²) in [6.45, 7) is 0. The molecule has 0 saturated carbocycles. The summed E-state index contributed by atoms with van der Waals surface area (Å²) < 4.78 is 0. The molecule has 0 heterocycles. The quantitative estimate of drug-likeness (QED) is 0.478. The van der Waals surface area contributed by atoms with Crippen molar-refractivity contribution in [1.82, 2.24) is 0 Å². The molecule has 0 atom stereocenters. The molecule has 0 aromatic carbocycles. The summed E-state index contributed by atoms with van der Waals surface area (Å²) in [5, 5.41) is 0. The number of hydrogen-bond donors (Lipinski definition) is 0. The maximum atomic E-state index is 0. The minimum absolute atomic E-state index is 0. The first-order chi connectivity index (χ1) is 0. The summed E-state index contributed by atoms with van der Waals surface area (Å²) in [6, 6.07) is 0. The third-order valence-corrected chi connectivity index (χ3v) is 0. The molecular weight excluding hydrogens is 236 g/mol. The molecular formula is C9H31O2Ti2-5. The van der Waals surface area contributed by atoms with Crippen molar-refractivity contribution in [3.63, 3.8) is 0 Å². The van der Waals surface area contributed by atoms with Crippen LogP contribution in [0.5, 0.6) is 0 Å². The smallest absolute Gasteiger partial charge is 0.412 e. The van der Waals surface area contributed by atoms with Gasteiger partial charge >= 0.3 is 21.7 Å². The molecule has 0 radical (unpaired) electrons. The van der Waals surface area contributed by atoms with Gasteiger partial charge in [0.25, 0.3) is 0 Å². The SMILES string of the molecule is O.O.[CH3-].[CH3-].[CH3-].[CH3-].[CH3-].[CH3-].[CH3-].[CH3-].[CH3-].[Ti+4].[Ti]. The van der Waals surface area contributed by atoms with Crippen LogP contribution >= 0.6 is 0 Å². The van der Waals surface area contributed by atoms with Gasteiger partial charge in [0.1, 0.15) is 0 Å². The van der Waals surface area contributed by atoms with Crippen molar-refractivity contribution in [1.29, 1.82) is 0 Å². The van der Waals surface area contributed by atoms with Crippen molar-refractivity contribution in [2.45, 2.75) is 0 Å². The van der Waals surface area contributed by atoms with E-state index in [2.05, 4.69) is 0 Å². The van der Waals surface area contributed by atoms with Crippen LogP contribution in [0.2, 0.25) is 0 Å². The molecule has 13 heavy (non-hydrogen) atoms. The zero-order chi connectivity index (χ0) is 0. The van der Waals surface area contributed by atoms with Crippen LogP contribution < -0.4 is 0 Å². The summed E-state index contributed by atoms with van der Waals surface area (Å²) in [7, 11) is 0. The van der Waals surface area contributed by atoms with E-state index in [9.17, 15) is 0 Å². The standard InChI is InChI=1S/9CH3.2H2O.2Ti/h9*1H3;2*1H2;;/q9*-1;;;;+4. The third-order valence-electron chi connectivity index (χ3n) is 0. The van der Waals surface area contributed by atoms with Gasteiger partial charge in [-0.05, 0) is 0 Å². The Morgan fingerprint density at radius 3 is 0.308 bits per heavy atom. The molecule has 92 valence electrons. The van der Waals surface area contributed by atoms with Gasteiger partial charge < -0.3 is 77.8 Å². The Kier molecular flexibility index (Phi) is 121000. The Morgan fingerprint density at radius 1 is 0.308 bits per heavy atom. The van der Waals surface area contributed by atoms with E-state index in [4.69, 9.17) is 0 Å². The van der Waals surface area contributed by atoms with Gasteiger partial charge in [-0.3, -0.25) is 0 Å². The first-order valence-electron chi connectivity index (χ1n) is 0. The van der Waals surface area contributed by atoms with Gasteiger partial charge in [-0.15, -0.1) is 0 Å². The largest absolute Gasteiger partial charge is 4.00 e. The first-order valence-corrected chi connectivity index (χ1v) is 0. The van der Waals surface area contributed by atoms with Crippen LogP contribution in [0.4, 0.5) is 0 Å². The second-order valence-corrected chi connectivity index (χ2v) is 0. The van der Waals surface area contributed by atoms with E-state index in [0.29, 0.717) is 0 Å². The molecule has 0 fully saturated rings. The molecule has 0 unspecified atom stereocenters. The predicted molar refractivity (Wildman–Crippen MR) is 65.0 cm³/mol. The minimum Gasteiger partial charge on any atom is -0.412 e. The molecule has 4 N–H and O–H groups in total. The van der Waals surface area contributed by atoms with Crippen molar-refractivity contribution < 1.29 is 54.4 Å². The van der Waals surface area contributed by atoms with Gasteiger partial charge in [-0.25, -0.2) is 0 Å². The summed E-state index contributed by atoms with van der Waals surface area (Å²) in [5.74, 6) is 0. The first kappa shape index (κ1) is 1410. The van der Waals surface area contributed by atoms with E-state index in [1.165, 1.54) is 0 Å². The van der Waals surface area contributed by atoms with Gasteiger partial charge in [0, 0.05) is 21.7 Å². The van der Waals surface area contributed by atoms with E-state index < -0.39 is 0 Å². The maximum absolute atomic E-state index is 0. The Balaban J connectivity index is 0. The van der Waals surface area contributed by atoms with Crippen LogP contribution in [0.25, 0.3) is 0 Å². The predicted octanol–water partition coefficient (Wildman–Crippen LogP) is 2.40. The molecule has 4 heteroatoms. The number of rotatable bonds is 0. The maximum Gasteiger partial charge on any atom is 4.00 e. The molecule has 0 rings (SSSR count). The van der Waals surface area contributed by atoms with Crippen molar-refractivity contribution >= 4 is 0 Å². The summed E-state index contributed by atoms with van der Waals surface area (Å²) in [6.07, 6.45) is 0. The summed E-state index contributed by atoms with van der Waals surface area (Å²) in [4.78, 5) is 0. The Hall–Kier alpha value is 1.35. The van der Waals surface area contributed by atoms with Crippen LogP contribution in [0.1, 0.15) is 0 Å². The van der Waals surface area contributed by atoms with Crippen molar-refractivity contribution in [3.05, 3.63) is 66.8 Å². The fraction of sp³-hybridized carbons (Fsp3) is 0. The Bertz CT molecular complexity index is 15.6. The van der Waals surface area contributed by atoms with Crippen LogP contribution in [0.3, 0.4) is 0 Å². The van der Waals surface area contributed by atoms with E-state index in [1.807, 2.05) is 0 Å². The van der Waals surface area contributed by atoms with Gasteiger partial charge in [0.15, 0.2) is 0 Å². The van der Waals surface area contributed by atoms with Crippen molar-refractivity contribution in [2.24, 2.45) is 0 Å². The molecule has 0 aromatic heterocycles. The van der Waals surface area contributed by atoms with Crippen LogP contribution in [0, 0.1) is 66.8 Å². The Labute approximate surface area is 121 Å². The second-order valence-electron chi connectivity index (χ2n) is 0. The number of hydrogen-bond acceptors (Lipinski definition) is 0. The summed E-state index contributed by atoms with van der Waals surface area (Å²) >= 11 is 0. The molecule has 0 aliphatic carbocycles. The van der Waals surface area contributed by atoms with E-state index in [1.54, 1.807) is 0 Å². The minimum atomic E-state index is 0. The monoisotopic (exact) mass is 267 g/mol. The zero-order valence-electron chi connectivity index (χ0n) is 11.0. The average molecular weight is 267 g/mol. The van der Waals surface area contributed by atoms with Gasteiger partial charge in [0.2, 0.25) is 0 Å². The van der Waals surface area contributed by atoms with Crippen LogP contribution in [-0.4, -0.2) is 11.0 Å². The molecule has 0 aliphatic rings. The van der Waals surface area contributed by atoms with E-state index in [0.717, 1.165) is 0 Å². The second kappa shape index (κ2) is 1120. The topological polar surface area (TPSA) is 63.0 Å². The normalized spacial score (nSPS) is 0. The molecule has 0 spiro atoms. The van der Waals surface area contributed by atoms with Gasteiger partial charge in [-0.1, -0.05) is 0 Å².